The van der Waals surface area contributed by atoms with Crippen molar-refractivity contribution in [2.75, 3.05) is 19.7 Å². The number of halogens is 1. The van der Waals surface area contributed by atoms with Crippen LogP contribution in [-0.2, 0) is 11.2 Å². The first kappa shape index (κ1) is 16.4. The van der Waals surface area contributed by atoms with Crippen LogP contribution in [0.5, 0.6) is 0 Å². The summed E-state index contributed by atoms with van der Waals surface area (Å²) in [5, 5.41) is 3.58. The molecule has 0 amide bonds. The minimum absolute atomic E-state index is 0.0768. The van der Waals surface area contributed by atoms with Gasteiger partial charge in [0.2, 0.25) is 0 Å². The van der Waals surface area contributed by atoms with Gasteiger partial charge in [0.1, 0.15) is 5.82 Å². The fourth-order valence-electron chi connectivity index (χ4n) is 3.17. The maximum Gasteiger partial charge on any atom is 0.123 e. The molecule has 2 unspecified atom stereocenters. The standard InChI is InChI=1S/C18H28FNO/c1-13(2)11-20-12-18(7-8-21-15(18)4)10-16-9-17(19)6-5-14(16)3/h5-6,9,13,15,20H,7-8,10-12H2,1-4H3. The Labute approximate surface area is 128 Å². The molecule has 1 fully saturated rings. The molecular formula is C18H28FNO. The van der Waals surface area contributed by atoms with Crippen molar-refractivity contribution in [1.82, 2.24) is 5.32 Å². The van der Waals surface area contributed by atoms with E-state index in [1.54, 1.807) is 6.07 Å². The lowest BCUT2D eigenvalue weighted by atomic mass is 9.75. The maximum absolute atomic E-state index is 13.6. The SMILES string of the molecule is Cc1ccc(F)cc1CC1(CNCC(C)C)CCOC1C. The summed E-state index contributed by atoms with van der Waals surface area (Å²) in [6, 6.07) is 5.10. The van der Waals surface area contributed by atoms with Crippen molar-refractivity contribution < 1.29 is 9.13 Å². The lowest BCUT2D eigenvalue weighted by Crippen LogP contribution is -2.42. The van der Waals surface area contributed by atoms with Crippen LogP contribution in [0.2, 0.25) is 0 Å². The van der Waals surface area contributed by atoms with E-state index >= 15 is 0 Å². The second-order valence-electron chi connectivity index (χ2n) is 6.90. The molecule has 1 aromatic carbocycles. The molecule has 0 saturated carbocycles. The zero-order chi connectivity index (χ0) is 15.5. The van der Waals surface area contributed by atoms with Gasteiger partial charge in [0.25, 0.3) is 0 Å². The van der Waals surface area contributed by atoms with E-state index in [9.17, 15) is 4.39 Å². The van der Waals surface area contributed by atoms with Crippen LogP contribution in [0, 0.1) is 24.1 Å². The molecule has 0 bridgehead atoms. The van der Waals surface area contributed by atoms with Gasteiger partial charge in [0, 0.05) is 18.6 Å². The van der Waals surface area contributed by atoms with E-state index in [1.807, 2.05) is 6.07 Å². The van der Waals surface area contributed by atoms with Crippen molar-refractivity contribution in [3.63, 3.8) is 0 Å². The minimum Gasteiger partial charge on any atom is -0.378 e. The molecule has 1 aliphatic heterocycles. The number of aryl methyl sites for hydroxylation is 1. The largest absolute Gasteiger partial charge is 0.378 e. The van der Waals surface area contributed by atoms with Crippen molar-refractivity contribution in [2.24, 2.45) is 11.3 Å². The summed E-state index contributed by atoms with van der Waals surface area (Å²) < 4.78 is 19.4. The van der Waals surface area contributed by atoms with Gasteiger partial charge < -0.3 is 10.1 Å². The number of ether oxygens (including phenoxy) is 1. The molecule has 118 valence electrons. The second kappa shape index (κ2) is 6.89. The van der Waals surface area contributed by atoms with Crippen LogP contribution in [0.1, 0.15) is 38.3 Å². The third-order valence-electron chi connectivity index (χ3n) is 4.71. The summed E-state index contributed by atoms with van der Waals surface area (Å²) in [4.78, 5) is 0. The van der Waals surface area contributed by atoms with Gasteiger partial charge in [0.05, 0.1) is 6.10 Å². The third kappa shape index (κ3) is 4.04. The van der Waals surface area contributed by atoms with Crippen molar-refractivity contribution in [1.29, 1.82) is 0 Å². The highest BCUT2D eigenvalue weighted by Gasteiger charge is 2.41. The van der Waals surface area contributed by atoms with Gasteiger partial charge in [-0.05, 0) is 62.4 Å². The predicted octanol–water partition coefficient (Wildman–Crippen LogP) is 3.72. The number of nitrogens with one attached hydrogen (secondary N) is 1. The minimum atomic E-state index is -0.146. The molecule has 1 heterocycles. The van der Waals surface area contributed by atoms with Gasteiger partial charge in [-0.3, -0.25) is 0 Å². The van der Waals surface area contributed by atoms with Crippen LogP contribution in [0.15, 0.2) is 18.2 Å². The summed E-state index contributed by atoms with van der Waals surface area (Å²) in [6.45, 7) is 11.4. The van der Waals surface area contributed by atoms with E-state index in [4.69, 9.17) is 4.74 Å². The van der Waals surface area contributed by atoms with Gasteiger partial charge in [0.15, 0.2) is 0 Å². The lowest BCUT2D eigenvalue weighted by molar-refractivity contribution is 0.0626. The van der Waals surface area contributed by atoms with Gasteiger partial charge in [-0.15, -0.1) is 0 Å². The summed E-state index contributed by atoms with van der Waals surface area (Å²) in [5.74, 6) is 0.489. The highest BCUT2D eigenvalue weighted by Crippen LogP contribution is 2.38. The number of hydrogen-bond acceptors (Lipinski definition) is 2. The molecule has 1 aliphatic rings. The molecule has 21 heavy (non-hydrogen) atoms. The Balaban J connectivity index is 2.14. The van der Waals surface area contributed by atoms with E-state index in [-0.39, 0.29) is 17.3 Å². The average molecular weight is 293 g/mol. The highest BCUT2D eigenvalue weighted by atomic mass is 19.1. The normalized spacial score (nSPS) is 25.7. The Hall–Kier alpha value is -0.930. The molecule has 0 aromatic heterocycles. The fraction of sp³-hybridized carbons (Fsp3) is 0.667. The monoisotopic (exact) mass is 293 g/mol. The zero-order valence-corrected chi connectivity index (χ0v) is 13.7. The van der Waals surface area contributed by atoms with E-state index < -0.39 is 0 Å². The average Bonchev–Trinajstić information content (AvgIpc) is 2.75. The fourth-order valence-corrected chi connectivity index (χ4v) is 3.17. The van der Waals surface area contributed by atoms with E-state index in [0.29, 0.717) is 5.92 Å². The van der Waals surface area contributed by atoms with E-state index in [2.05, 4.69) is 33.0 Å². The molecule has 3 heteroatoms. The molecule has 2 nitrogen and oxygen atoms in total. The van der Waals surface area contributed by atoms with Crippen molar-refractivity contribution in [2.45, 2.75) is 46.6 Å². The van der Waals surface area contributed by atoms with Crippen LogP contribution in [0.25, 0.3) is 0 Å². The van der Waals surface area contributed by atoms with Gasteiger partial charge in [-0.2, -0.15) is 0 Å². The van der Waals surface area contributed by atoms with Crippen LogP contribution < -0.4 is 5.32 Å². The molecule has 1 N–H and O–H groups in total. The first-order valence-electron chi connectivity index (χ1n) is 8.00. The molecule has 2 rings (SSSR count). The zero-order valence-electron chi connectivity index (χ0n) is 13.7. The van der Waals surface area contributed by atoms with Crippen LogP contribution in [0.4, 0.5) is 4.39 Å². The first-order chi connectivity index (χ1) is 9.93. The van der Waals surface area contributed by atoms with Gasteiger partial charge >= 0.3 is 0 Å². The Morgan fingerprint density at radius 3 is 2.81 bits per heavy atom. The molecular weight excluding hydrogens is 265 g/mol. The summed E-state index contributed by atoms with van der Waals surface area (Å²) in [6.07, 6.45) is 2.12. The van der Waals surface area contributed by atoms with Crippen LogP contribution in [0.3, 0.4) is 0 Å². The summed E-state index contributed by atoms with van der Waals surface area (Å²) in [7, 11) is 0. The Bertz CT molecular complexity index is 474. The van der Waals surface area contributed by atoms with Crippen molar-refractivity contribution in [3.05, 3.63) is 35.1 Å². The second-order valence-corrected chi connectivity index (χ2v) is 6.90. The van der Waals surface area contributed by atoms with Crippen molar-refractivity contribution >= 4 is 0 Å². The lowest BCUT2D eigenvalue weighted by Gasteiger charge is -2.33. The van der Waals surface area contributed by atoms with Crippen LogP contribution in [-0.4, -0.2) is 25.8 Å². The predicted molar refractivity (Wildman–Crippen MR) is 85.0 cm³/mol. The molecule has 0 aliphatic carbocycles. The van der Waals surface area contributed by atoms with Gasteiger partial charge in [-0.25, -0.2) is 4.39 Å². The topological polar surface area (TPSA) is 21.3 Å². The Morgan fingerprint density at radius 2 is 2.19 bits per heavy atom. The molecule has 0 spiro atoms. The quantitative estimate of drug-likeness (QED) is 0.863. The Morgan fingerprint density at radius 1 is 1.43 bits per heavy atom. The molecule has 0 radical (unpaired) electrons. The molecule has 1 aromatic rings. The smallest absolute Gasteiger partial charge is 0.123 e. The Kier molecular flexibility index (Phi) is 5.39. The number of benzene rings is 1. The van der Waals surface area contributed by atoms with Crippen LogP contribution >= 0.6 is 0 Å². The van der Waals surface area contributed by atoms with E-state index in [0.717, 1.165) is 38.1 Å². The number of rotatable bonds is 6. The van der Waals surface area contributed by atoms with Crippen molar-refractivity contribution in [3.8, 4) is 0 Å². The van der Waals surface area contributed by atoms with E-state index in [1.165, 1.54) is 11.6 Å². The summed E-state index contributed by atoms with van der Waals surface area (Å²) >= 11 is 0. The maximum atomic E-state index is 13.6. The van der Waals surface area contributed by atoms with Gasteiger partial charge in [-0.1, -0.05) is 19.9 Å². The molecule has 2 atom stereocenters. The first-order valence-corrected chi connectivity index (χ1v) is 8.00. The third-order valence-corrected chi connectivity index (χ3v) is 4.71. The number of hydrogen-bond donors (Lipinski definition) is 1. The highest BCUT2D eigenvalue weighted by molar-refractivity contribution is 5.28. The molecule has 1 saturated heterocycles. The summed E-state index contributed by atoms with van der Waals surface area (Å²) in [5.41, 5.74) is 2.35.